The minimum atomic E-state index is -3.49. The standard InChI is InChI=1S/C23H31ClN2O4S/c1-17(2)19-9-5-6-12-22(19)30-16-14-25-23(27)13-8-15-26(31(4,28)29)21-11-7-10-20(24)18(21)3/h5-7,9-12,17H,8,13-16H2,1-4H3,(H,25,27). The van der Waals surface area contributed by atoms with Crippen molar-refractivity contribution in [2.24, 2.45) is 0 Å². The van der Waals surface area contributed by atoms with E-state index in [0.717, 1.165) is 17.6 Å². The first-order valence-corrected chi connectivity index (χ1v) is 12.5. The van der Waals surface area contributed by atoms with Crippen LogP contribution in [0.15, 0.2) is 42.5 Å². The summed E-state index contributed by atoms with van der Waals surface area (Å²) in [5, 5.41) is 3.32. The highest BCUT2D eigenvalue weighted by Crippen LogP contribution is 2.28. The second-order valence-corrected chi connectivity index (χ2v) is 10.0. The van der Waals surface area contributed by atoms with Crippen LogP contribution in [0.4, 0.5) is 5.69 Å². The summed E-state index contributed by atoms with van der Waals surface area (Å²) < 4.78 is 31.6. The first kappa shape index (κ1) is 25.0. The summed E-state index contributed by atoms with van der Waals surface area (Å²) >= 11 is 6.14. The highest BCUT2D eigenvalue weighted by molar-refractivity contribution is 7.92. The zero-order valence-electron chi connectivity index (χ0n) is 18.5. The summed E-state index contributed by atoms with van der Waals surface area (Å²) in [5.41, 5.74) is 2.36. The number of nitrogens with one attached hydrogen (secondary N) is 1. The molecule has 1 amide bonds. The summed E-state index contributed by atoms with van der Waals surface area (Å²) in [6, 6.07) is 13.0. The maximum absolute atomic E-state index is 12.3. The van der Waals surface area contributed by atoms with E-state index in [0.29, 0.717) is 41.8 Å². The number of para-hydroxylation sites is 1. The molecule has 6 nitrogen and oxygen atoms in total. The van der Waals surface area contributed by atoms with Crippen molar-refractivity contribution in [1.82, 2.24) is 5.32 Å². The minimum Gasteiger partial charge on any atom is -0.491 e. The molecule has 0 saturated carbocycles. The molecular weight excluding hydrogens is 436 g/mol. The third-order valence-corrected chi connectivity index (χ3v) is 6.49. The predicted molar refractivity (Wildman–Crippen MR) is 127 cm³/mol. The van der Waals surface area contributed by atoms with Crippen molar-refractivity contribution in [1.29, 1.82) is 0 Å². The Bertz CT molecular complexity index is 993. The summed E-state index contributed by atoms with van der Waals surface area (Å²) in [4.78, 5) is 12.2. The van der Waals surface area contributed by atoms with E-state index < -0.39 is 10.0 Å². The molecule has 2 rings (SSSR count). The molecule has 0 heterocycles. The lowest BCUT2D eigenvalue weighted by atomic mass is 10.0. The van der Waals surface area contributed by atoms with E-state index in [1.54, 1.807) is 25.1 Å². The SMILES string of the molecule is Cc1c(Cl)cccc1N(CCCC(=O)NCCOc1ccccc1C(C)C)S(C)(=O)=O. The molecular formula is C23H31ClN2O4S. The Kier molecular flexibility index (Phi) is 9.19. The molecule has 0 aromatic heterocycles. The topological polar surface area (TPSA) is 75.7 Å². The van der Waals surface area contributed by atoms with Crippen molar-refractivity contribution in [2.75, 3.05) is 30.3 Å². The van der Waals surface area contributed by atoms with Crippen LogP contribution in [-0.2, 0) is 14.8 Å². The number of ether oxygens (including phenoxy) is 1. The third-order valence-electron chi connectivity index (χ3n) is 4.90. The van der Waals surface area contributed by atoms with Crippen LogP contribution in [0.1, 0.15) is 43.7 Å². The van der Waals surface area contributed by atoms with Gasteiger partial charge in [0.2, 0.25) is 15.9 Å². The van der Waals surface area contributed by atoms with Gasteiger partial charge < -0.3 is 10.1 Å². The van der Waals surface area contributed by atoms with E-state index in [9.17, 15) is 13.2 Å². The molecule has 0 bridgehead atoms. The van der Waals surface area contributed by atoms with Crippen LogP contribution in [0.5, 0.6) is 5.75 Å². The molecule has 0 spiro atoms. The van der Waals surface area contributed by atoms with Crippen molar-refractivity contribution in [3.8, 4) is 5.75 Å². The van der Waals surface area contributed by atoms with Gasteiger partial charge in [-0.2, -0.15) is 0 Å². The van der Waals surface area contributed by atoms with Crippen molar-refractivity contribution in [3.05, 3.63) is 58.6 Å². The number of anilines is 1. The lowest BCUT2D eigenvalue weighted by molar-refractivity contribution is -0.121. The number of amides is 1. The van der Waals surface area contributed by atoms with Gasteiger partial charge in [0.15, 0.2) is 0 Å². The molecule has 0 saturated heterocycles. The van der Waals surface area contributed by atoms with Gasteiger partial charge in [0, 0.05) is 18.0 Å². The smallest absolute Gasteiger partial charge is 0.232 e. The van der Waals surface area contributed by atoms with Gasteiger partial charge in [0.25, 0.3) is 0 Å². The van der Waals surface area contributed by atoms with Crippen LogP contribution in [0, 0.1) is 6.92 Å². The van der Waals surface area contributed by atoms with E-state index in [-0.39, 0.29) is 18.9 Å². The molecule has 8 heteroatoms. The van der Waals surface area contributed by atoms with Gasteiger partial charge in [0.1, 0.15) is 12.4 Å². The average Bonchev–Trinajstić information content (AvgIpc) is 2.70. The fourth-order valence-corrected chi connectivity index (χ4v) is 4.43. The Morgan fingerprint density at radius 1 is 1.16 bits per heavy atom. The Balaban J connectivity index is 1.82. The summed E-state index contributed by atoms with van der Waals surface area (Å²) in [7, 11) is -3.49. The van der Waals surface area contributed by atoms with Gasteiger partial charge in [-0.25, -0.2) is 8.42 Å². The molecule has 2 aromatic rings. The van der Waals surface area contributed by atoms with Crippen molar-refractivity contribution >= 4 is 33.2 Å². The largest absolute Gasteiger partial charge is 0.491 e. The number of carbonyl (C=O) groups is 1. The van der Waals surface area contributed by atoms with E-state index in [2.05, 4.69) is 19.2 Å². The van der Waals surface area contributed by atoms with Gasteiger partial charge in [-0.05, 0) is 48.6 Å². The Morgan fingerprint density at radius 2 is 1.87 bits per heavy atom. The fourth-order valence-electron chi connectivity index (χ4n) is 3.24. The van der Waals surface area contributed by atoms with Crippen LogP contribution in [0.3, 0.4) is 0 Å². The van der Waals surface area contributed by atoms with Gasteiger partial charge >= 0.3 is 0 Å². The van der Waals surface area contributed by atoms with Crippen LogP contribution in [-0.4, -0.2) is 40.3 Å². The first-order valence-electron chi connectivity index (χ1n) is 10.3. The number of hydrogen-bond acceptors (Lipinski definition) is 4. The van der Waals surface area contributed by atoms with Crippen molar-refractivity contribution in [3.63, 3.8) is 0 Å². The quantitative estimate of drug-likeness (QED) is 0.494. The monoisotopic (exact) mass is 466 g/mol. The van der Waals surface area contributed by atoms with Gasteiger partial charge in [-0.1, -0.05) is 49.7 Å². The molecule has 0 aliphatic carbocycles. The summed E-state index contributed by atoms with van der Waals surface area (Å²) in [6.07, 6.45) is 1.76. The van der Waals surface area contributed by atoms with Crippen molar-refractivity contribution in [2.45, 2.75) is 39.5 Å². The molecule has 2 aromatic carbocycles. The van der Waals surface area contributed by atoms with E-state index in [1.165, 1.54) is 4.31 Å². The summed E-state index contributed by atoms with van der Waals surface area (Å²) in [5.74, 6) is 1.04. The maximum atomic E-state index is 12.3. The van der Waals surface area contributed by atoms with Gasteiger partial charge in [0.05, 0.1) is 18.5 Å². The zero-order chi connectivity index (χ0) is 23.0. The lowest BCUT2D eigenvalue weighted by Crippen LogP contribution is -2.33. The minimum absolute atomic E-state index is 0.142. The average molecular weight is 467 g/mol. The van der Waals surface area contributed by atoms with Crippen LogP contribution in [0.25, 0.3) is 0 Å². The number of rotatable bonds is 11. The third kappa shape index (κ3) is 7.43. The number of carbonyl (C=O) groups excluding carboxylic acids is 1. The van der Waals surface area contributed by atoms with E-state index in [1.807, 2.05) is 24.3 Å². The predicted octanol–water partition coefficient (Wildman–Crippen LogP) is 4.51. The molecule has 1 N–H and O–H groups in total. The van der Waals surface area contributed by atoms with Crippen molar-refractivity contribution < 1.29 is 17.9 Å². The molecule has 0 unspecified atom stereocenters. The summed E-state index contributed by atoms with van der Waals surface area (Å²) in [6.45, 7) is 6.94. The molecule has 0 aliphatic heterocycles. The molecule has 0 fully saturated rings. The molecule has 0 atom stereocenters. The van der Waals surface area contributed by atoms with E-state index in [4.69, 9.17) is 16.3 Å². The van der Waals surface area contributed by atoms with E-state index >= 15 is 0 Å². The second kappa shape index (κ2) is 11.4. The number of sulfonamides is 1. The van der Waals surface area contributed by atoms with Crippen LogP contribution in [0.2, 0.25) is 5.02 Å². The molecule has 0 radical (unpaired) electrons. The number of benzene rings is 2. The van der Waals surface area contributed by atoms with Crippen LogP contribution >= 0.6 is 11.6 Å². The second-order valence-electron chi connectivity index (χ2n) is 7.71. The molecule has 0 aliphatic rings. The molecule has 31 heavy (non-hydrogen) atoms. The fraction of sp³-hybridized carbons (Fsp3) is 0.435. The Morgan fingerprint density at radius 3 is 2.55 bits per heavy atom. The zero-order valence-corrected chi connectivity index (χ0v) is 20.1. The maximum Gasteiger partial charge on any atom is 0.232 e. The number of hydrogen-bond donors (Lipinski definition) is 1. The molecule has 170 valence electrons. The lowest BCUT2D eigenvalue weighted by Gasteiger charge is -2.24. The normalized spacial score (nSPS) is 11.4. The highest BCUT2D eigenvalue weighted by atomic mass is 35.5. The number of nitrogens with zero attached hydrogens (tertiary/aromatic N) is 1. The Labute approximate surface area is 190 Å². The first-order chi connectivity index (χ1) is 14.6. The number of halogens is 1. The Hall–Kier alpha value is -2.25. The van der Waals surface area contributed by atoms with Gasteiger partial charge in [-0.15, -0.1) is 0 Å². The van der Waals surface area contributed by atoms with Gasteiger partial charge in [-0.3, -0.25) is 9.10 Å². The highest BCUT2D eigenvalue weighted by Gasteiger charge is 2.20. The van der Waals surface area contributed by atoms with Crippen LogP contribution < -0.4 is 14.4 Å².